The van der Waals surface area contributed by atoms with Crippen LogP contribution in [0.4, 0.5) is 0 Å². The lowest BCUT2D eigenvalue weighted by Crippen LogP contribution is -2.15. The lowest BCUT2D eigenvalue weighted by Gasteiger charge is -2.09. The molecule has 256 valence electrons. The quantitative estimate of drug-likeness (QED) is 0.0639. The van der Waals surface area contributed by atoms with E-state index in [0.717, 1.165) is 18.4 Å². The monoisotopic (exact) mass is 650 g/mol. The smallest absolute Gasteiger partial charge is 0.305 e. The zero-order valence-electron chi connectivity index (χ0n) is 26.7. The summed E-state index contributed by atoms with van der Waals surface area (Å²) in [7, 11) is -3.77. The van der Waals surface area contributed by atoms with Crippen molar-refractivity contribution in [3.63, 3.8) is 0 Å². The van der Waals surface area contributed by atoms with E-state index in [1.807, 2.05) is 6.92 Å². The number of carbonyl (C=O) groups excluding carboxylic acids is 1. The van der Waals surface area contributed by atoms with Gasteiger partial charge in [-0.15, -0.1) is 0 Å². The Labute approximate surface area is 264 Å². The normalized spacial score (nSPS) is 11.7. The molecule has 13 heteroatoms. The molecule has 0 N–H and O–H groups in total. The van der Waals surface area contributed by atoms with Crippen molar-refractivity contribution in [3.05, 3.63) is 29.8 Å². The van der Waals surface area contributed by atoms with Crippen LogP contribution in [0.15, 0.2) is 29.2 Å². The molecule has 0 atom stereocenters. The van der Waals surface area contributed by atoms with Crippen LogP contribution in [0.25, 0.3) is 0 Å². The first-order valence-corrected chi connectivity index (χ1v) is 17.0. The Morgan fingerprint density at radius 2 is 0.932 bits per heavy atom. The molecule has 0 aliphatic rings. The van der Waals surface area contributed by atoms with Gasteiger partial charge in [0.2, 0.25) is 0 Å². The SMILES string of the molecule is CCCCCCCC(=O)OCCOCCOCCOCCOCCOCCOCCOCCOS(=O)(=O)c1ccc(C)cc1. The zero-order chi connectivity index (χ0) is 32.0. The van der Waals surface area contributed by atoms with Crippen molar-refractivity contribution < 1.29 is 55.3 Å². The zero-order valence-corrected chi connectivity index (χ0v) is 27.5. The molecule has 0 saturated heterocycles. The van der Waals surface area contributed by atoms with Crippen molar-refractivity contribution in [3.8, 4) is 0 Å². The highest BCUT2D eigenvalue weighted by atomic mass is 32.2. The molecule has 0 amide bonds. The minimum absolute atomic E-state index is 0.0604. The van der Waals surface area contributed by atoms with E-state index in [1.165, 1.54) is 31.4 Å². The number of ether oxygens (including phenoxy) is 8. The van der Waals surface area contributed by atoms with Crippen molar-refractivity contribution in [1.29, 1.82) is 0 Å². The summed E-state index contributed by atoms with van der Waals surface area (Å²) < 4.78 is 72.1. The average Bonchev–Trinajstić information content (AvgIpc) is 3.01. The molecule has 0 heterocycles. The summed E-state index contributed by atoms with van der Waals surface area (Å²) in [5.41, 5.74) is 0.974. The summed E-state index contributed by atoms with van der Waals surface area (Å²) >= 11 is 0. The standard InChI is InChI=1S/C31H54O12S/c1-3-4-5-6-7-8-31(32)42-27-25-40-23-21-38-19-17-36-15-13-35-14-16-37-18-20-39-22-24-41-26-28-43-44(33,34)30-11-9-29(2)10-12-30/h9-12H,3-8,13-28H2,1-2H3. The molecule has 1 aromatic rings. The second kappa shape index (κ2) is 28.8. The number of hydrogen-bond donors (Lipinski definition) is 0. The minimum atomic E-state index is -3.77. The fraction of sp³-hybridized carbons (Fsp3) is 0.774. The van der Waals surface area contributed by atoms with E-state index in [4.69, 9.17) is 42.1 Å². The Morgan fingerprint density at radius 1 is 0.545 bits per heavy atom. The molecule has 0 spiro atoms. The van der Waals surface area contributed by atoms with Gasteiger partial charge in [0, 0.05) is 6.42 Å². The van der Waals surface area contributed by atoms with E-state index < -0.39 is 10.1 Å². The number of esters is 1. The topological polar surface area (TPSA) is 134 Å². The summed E-state index contributed by atoms with van der Waals surface area (Å²) in [4.78, 5) is 11.7. The summed E-state index contributed by atoms with van der Waals surface area (Å²) in [6.07, 6.45) is 6.03. The largest absolute Gasteiger partial charge is 0.463 e. The van der Waals surface area contributed by atoms with Gasteiger partial charge in [-0.25, -0.2) is 0 Å². The molecule has 0 radical (unpaired) electrons. The van der Waals surface area contributed by atoms with Crippen molar-refractivity contribution in [1.82, 2.24) is 0 Å². The molecule has 44 heavy (non-hydrogen) atoms. The van der Waals surface area contributed by atoms with Gasteiger partial charge in [-0.2, -0.15) is 8.42 Å². The van der Waals surface area contributed by atoms with Crippen LogP contribution in [0.3, 0.4) is 0 Å². The Bertz CT molecular complexity index is 895. The molecule has 0 aliphatic carbocycles. The third-order valence-corrected chi connectivity index (χ3v) is 7.31. The van der Waals surface area contributed by atoms with E-state index >= 15 is 0 Å². The van der Waals surface area contributed by atoms with Crippen LogP contribution < -0.4 is 0 Å². The summed E-state index contributed by atoms with van der Waals surface area (Å²) in [6.45, 7) is 10.0. The van der Waals surface area contributed by atoms with E-state index in [1.54, 1.807) is 12.1 Å². The number of unbranched alkanes of at least 4 members (excludes halogenated alkanes) is 4. The number of carbonyl (C=O) groups is 1. The van der Waals surface area contributed by atoms with E-state index in [-0.39, 0.29) is 30.7 Å². The van der Waals surface area contributed by atoms with Crippen molar-refractivity contribution in [2.24, 2.45) is 0 Å². The first-order valence-electron chi connectivity index (χ1n) is 15.6. The van der Waals surface area contributed by atoms with Crippen molar-refractivity contribution in [2.75, 3.05) is 106 Å². The highest BCUT2D eigenvalue weighted by molar-refractivity contribution is 7.86. The fourth-order valence-electron chi connectivity index (χ4n) is 3.56. The molecule has 0 fully saturated rings. The minimum Gasteiger partial charge on any atom is -0.463 e. The maximum absolute atomic E-state index is 12.1. The summed E-state index contributed by atoms with van der Waals surface area (Å²) in [5.74, 6) is -0.156. The molecular formula is C31H54O12S. The van der Waals surface area contributed by atoms with Crippen LogP contribution in [0.1, 0.15) is 51.0 Å². The molecule has 0 aromatic heterocycles. The number of aryl methyl sites for hydroxylation is 1. The number of rotatable bonds is 32. The molecule has 12 nitrogen and oxygen atoms in total. The first-order chi connectivity index (χ1) is 21.5. The van der Waals surface area contributed by atoms with Crippen LogP contribution in [0, 0.1) is 6.92 Å². The van der Waals surface area contributed by atoms with Crippen LogP contribution in [0.5, 0.6) is 0 Å². The fourth-order valence-corrected chi connectivity index (χ4v) is 4.45. The van der Waals surface area contributed by atoms with Gasteiger partial charge in [-0.1, -0.05) is 50.3 Å². The van der Waals surface area contributed by atoms with E-state index in [9.17, 15) is 13.2 Å². The Kier molecular flexibility index (Phi) is 26.4. The van der Waals surface area contributed by atoms with Gasteiger partial charge in [0.05, 0.1) is 104 Å². The molecule has 0 unspecified atom stereocenters. The average molecular weight is 651 g/mol. The molecule has 0 saturated carbocycles. The van der Waals surface area contributed by atoms with Crippen LogP contribution in [-0.4, -0.2) is 120 Å². The number of benzene rings is 1. The molecular weight excluding hydrogens is 596 g/mol. The van der Waals surface area contributed by atoms with Gasteiger partial charge < -0.3 is 37.9 Å². The van der Waals surface area contributed by atoms with E-state index in [0.29, 0.717) is 92.3 Å². The van der Waals surface area contributed by atoms with Gasteiger partial charge in [0.15, 0.2) is 0 Å². The highest BCUT2D eigenvalue weighted by Gasteiger charge is 2.14. The summed E-state index contributed by atoms with van der Waals surface area (Å²) in [5, 5.41) is 0. The lowest BCUT2D eigenvalue weighted by molar-refractivity contribution is -0.145. The Balaban J connectivity index is 1.72. The maximum Gasteiger partial charge on any atom is 0.305 e. The van der Waals surface area contributed by atoms with Crippen molar-refractivity contribution >= 4 is 16.1 Å². The molecule has 0 aliphatic heterocycles. The Hall–Kier alpha value is -1.68. The van der Waals surface area contributed by atoms with Crippen molar-refractivity contribution in [2.45, 2.75) is 57.3 Å². The number of hydrogen-bond acceptors (Lipinski definition) is 12. The Morgan fingerprint density at radius 3 is 1.36 bits per heavy atom. The predicted molar refractivity (Wildman–Crippen MR) is 164 cm³/mol. The van der Waals surface area contributed by atoms with Gasteiger partial charge in [0.25, 0.3) is 10.1 Å². The summed E-state index contributed by atoms with van der Waals surface area (Å²) in [6, 6.07) is 6.48. The third kappa shape index (κ3) is 24.6. The van der Waals surface area contributed by atoms with Gasteiger partial charge in [-0.3, -0.25) is 8.98 Å². The second-order valence-corrected chi connectivity index (χ2v) is 11.4. The molecule has 1 aromatic carbocycles. The predicted octanol–water partition coefficient (Wildman–Crippen LogP) is 3.72. The maximum atomic E-state index is 12.1. The van der Waals surface area contributed by atoms with Crippen LogP contribution in [0.2, 0.25) is 0 Å². The van der Waals surface area contributed by atoms with Gasteiger partial charge >= 0.3 is 5.97 Å². The van der Waals surface area contributed by atoms with Gasteiger partial charge in [-0.05, 0) is 25.5 Å². The third-order valence-electron chi connectivity index (χ3n) is 5.98. The van der Waals surface area contributed by atoms with Crippen LogP contribution >= 0.6 is 0 Å². The first kappa shape index (κ1) is 40.3. The lowest BCUT2D eigenvalue weighted by atomic mass is 10.1. The second-order valence-electron chi connectivity index (χ2n) is 9.76. The highest BCUT2D eigenvalue weighted by Crippen LogP contribution is 2.13. The van der Waals surface area contributed by atoms with Gasteiger partial charge in [0.1, 0.15) is 6.61 Å². The molecule has 0 bridgehead atoms. The van der Waals surface area contributed by atoms with Crippen LogP contribution in [-0.2, 0) is 57.0 Å². The molecule has 1 rings (SSSR count). The van der Waals surface area contributed by atoms with E-state index in [2.05, 4.69) is 6.92 Å².